The Morgan fingerprint density at radius 1 is 1.18 bits per heavy atom. The molecule has 3 heterocycles. The molecule has 2 aliphatic rings. The number of non-ortho nitro benzene ring substituents is 1. The normalized spacial score (nSPS) is 20.1. The van der Waals surface area contributed by atoms with Crippen LogP contribution in [0.3, 0.4) is 0 Å². The molecule has 38 heavy (non-hydrogen) atoms. The van der Waals surface area contributed by atoms with Crippen molar-refractivity contribution in [1.29, 1.82) is 0 Å². The highest BCUT2D eigenvalue weighted by Gasteiger charge is 2.48. The number of aromatic nitrogens is 1. The number of hydrogen-bond donors (Lipinski definition) is 1. The van der Waals surface area contributed by atoms with Gasteiger partial charge in [-0.25, -0.2) is 9.37 Å². The second-order valence-corrected chi connectivity index (χ2v) is 10.1. The van der Waals surface area contributed by atoms with E-state index in [0.717, 1.165) is 21.8 Å². The van der Waals surface area contributed by atoms with Crippen molar-refractivity contribution in [1.82, 2.24) is 4.98 Å². The highest BCUT2D eigenvalue weighted by Crippen LogP contribution is 2.45. The first-order valence-electron chi connectivity index (χ1n) is 11.6. The van der Waals surface area contributed by atoms with Crippen LogP contribution in [0.15, 0.2) is 66.2 Å². The van der Waals surface area contributed by atoms with Gasteiger partial charge in [0.2, 0.25) is 0 Å². The fraction of sp³-hybridized carbons (Fsp3) is 0.148. The third kappa shape index (κ3) is 3.79. The smallest absolute Gasteiger partial charge is 0.301 e. The number of aliphatic hydroxyl groups excluding tert-OH is 1. The minimum Gasteiger partial charge on any atom is -0.507 e. The van der Waals surface area contributed by atoms with Gasteiger partial charge in [0, 0.05) is 24.1 Å². The zero-order chi connectivity index (χ0) is 26.7. The van der Waals surface area contributed by atoms with Crippen LogP contribution in [-0.4, -0.2) is 32.8 Å². The van der Waals surface area contributed by atoms with Gasteiger partial charge in [-0.2, -0.15) is 0 Å². The van der Waals surface area contributed by atoms with E-state index in [0.29, 0.717) is 28.0 Å². The second kappa shape index (κ2) is 8.73. The lowest BCUT2D eigenvalue weighted by Gasteiger charge is -2.22. The van der Waals surface area contributed by atoms with E-state index in [4.69, 9.17) is 4.74 Å². The molecule has 190 valence electrons. The lowest BCUT2D eigenvalue weighted by Crippen LogP contribution is -2.29. The Kier molecular flexibility index (Phi) is 5.46. The van der Waals surface area contributed by atoms with Crippen molar-refractivity contribution in [2.75, 3.05) is 4.90 Å². The number of halogens is 1. The highest BCUT2D eigenvalue weighted by atomic mass is 32.1. The van der Waals surface area contributed by atoms with Crippen LogP contribution in [0.5, 0.6) is 5.75 Å². The summed E-state index contributed by atoms with van der Waals surface area (Å²) in [6.07, 6.45) is 0.572. The van der Waals surface area contributed by atoms with E-state index >= 15 is 0 Å². The lowest BCUT2D eigenvalue weighted by atomic mass is 9.94. The van der Waals surface area contributed by atoms with E-state index < -0.39 is 34.2 Å². The maximum atomic E-state index is 13.8. The lowest BCUT2D eigenvalue weighted by molar-refractivity contribution is -0.384. The van der Waals surface area contributed by atoms with E-state index in [9.17, 15) is 29.2 Å². The topological polar surface area (TPSA) is 123 Å². The molecule has 9 nitrogen and oxygen atoms in total. The van der Waals surface area contributed by atoms with Crippen LogP contribution in [0.4, 0.5) is 15.2 Å². The van der Waals surface area contributed by atoms with Crippen molar-refractivity contribution in [2.24, 2.45) is 0 Å². The minimum atomic E-state index is -1.20. The summed E-state index contributed by atoms with van der Waals surface area (Å²) in [5.41, 5.74) is 1.33. The Labute approximate surface area is 218 Å². The highest BCUT2D eigenvalue weighted by molar-refractivity contribution is 7.22. The fourth-order valence-corrected chi connectivity index (χ4v) is 5.88. The van der Waals surface area contributed by atoms with Crippen LogP contribution in [0, 0.1) is 15.9 Å². The SMILES string of the molecule is C[C@H]1Cc2cc(C(O)=C3C(=O)C(=O)N(c4nc5ccc(F)cc5s4)[C@@H]3c3cccc([N+](=O)[O-])c3)ccc2O1. The molecule has 0 unspecified atom stereocenters. The van der Waals surface area contributed by atoms with Crippen molar-refractivity contribution in [2.45, 2.75) is 25.5 Å². The van der Waals surface area contributed by atoms with Crippen LogP contribution in [0.1, 0.15) is 29.7 Å². The van der Waals surface area contributed by atoms with E-state index in [-0.39, 0.29) is 28.1 Å². The average molecular weight is 532 g/mol. The minimum absolute atomic E-state index is 0.0401. The molecule has 4 aromatic rings. The molecule has 3 aromatic carbocycles. The van der Waals surface area contributed by atoms with Gasteiger partial charge in [-0.05, 0) is 54.4 Å². The summed E-state index contributed by atoms with van der Waals surface area (Å²) in [7, 11) is 0. The Morgan fingerprint density at radius 2 is 2.00 bits per heavy atom. The summed E-state index contributed by atoms with van der Waals surface area (Å²) < 4.78 is 20.0. The molecule has 1 aromatic heterocycles. The average Bonchev–Trinajstić information content (AvgIpc) is 3.55. The first-order valence-corrected chi connectivity index (χ1v) is 12.4. The van der Waals surface area contributed by atoms with Crippen molar-refractivity contribution in [3.63, 3.8) is 0 Å². The largest absolute Gasteiger partial charge is 0.507 e. The molecule has 1 amide bonds. The number of nitro groups is 1. The Balaban J connectivity index is 1.56. The third-order valence-corrected chi connectivity index (χ3v) is 7.57. The van der Waals surface area contributed by atoms with Gasteiger partial charge in [0.1, 0.15) is 23.4 Å². The van der Waals surface area contributed by atoms with Gasteiger partial charge in [-0.1, -0.05) is 23.5 Å². The number of carbonyl (C=O) groups excluding carboxylic acids is 2. The van der Waals surface area contributed by atoms with Gasteiger partial charge in [0.15, 0.2) is 5.13 Å². The molecule has 2 aliphatic heterocycles. The Morgan fingerprint density at radius 3 is 2.79 bits per heavy atom. The van der Waals surface area contributed by atoms with Gasteiger partial charge in [0.25, 0.3) is 11.5 Å². The van der Waals surface area contributed by atoms with Crippen LogP contribution in [0.2, 0.25) is 0 Å². The monoisotopic (exact) mass is 531 g/mol. The number of Topliss-reactive ketones (excluding diaryl/α,β-unsaturated/α-hetero) is 1. The summed E-state index contributed by atoms with van der Waals surface area (Å²) in [6.45, 7) is 1.91. The molecule has 2 atom stereocenters. The summed E-state index contributed by atoms with van der Waals surface area (Å²) in [5.74, 6) is -2.15. The molecule has 0 radical (unpaired) electrons. The number of ether oxygens (including phenoxy) is 1. The molecule has 1 N–H and O–H groups in total. The summed E-state index contributed by atoms with van der Waals surface area (Å²) in [5, 5.41) is 23.0. The molecule has 0 spiro atoms. The molecule has 1 fully saturated rings. The first kappa shape index (κ1) is 23.7. The molecule has 0 bridgehead atoms. The number of fused-ring (bicyclic) bond motifs is 2. The van der Waals surface area contributed by atoms with Crippen LogP contribution >= 0.6 is 11.3 Å². The predicted octanol–water partition coefficient (Wildman–Crippen LogP) is 5.29. The number of ketones is 1. The molecule has 6 rings (SSSR count). The van der Waals surface area contributed by atoms with E-state index in [1.165, 1.54) is 42.5 Å². The van der Waals surface area contributed by atoms with Gasteiger partial charge in [-0.15, -0.1) is 0 Å². The second-order valence-electron chi connectivity index (χ2n) is 9.08. The zero-order valence-electron chi connectivity index (χ0n) is 19.8. The number of hydrogen-bond acceptors (Lipinski definition) is 8. The molecular formula is C27H18FN3O6S. The molecule has 11 heteroatoms. The number of carbonyl (C=O) groups is 2. The number of anilines is 1. The number of thiazole rings is 1. The standard InChI is InChI=1S/C27H18FN3O6S/c1-13-9-16-10-15(5-8-20(16)37-13)24(32)22-23(14-3-2-4-18(11-14)31(35)36)30(26(34)25(22)33)27-29-19-7-6-17(28)12-21(19)38-27/h2-8,10-13,23,32H,9H2,1H3/t13-,23+/m0/s1. The van der Waals surface area contributed by atoms with E-state index in [2.05, 4.69) is 4.98 Å². The zero-order valence-corrected chi connectivity index (χ0v) is 20.6. The van der Waals surface area contributed by atoms with Crippen LogP contribution in [-0.2, 0) is 16.0 Å². The third-order valence-electron chi connectivity index (χ3n) is 6.56. The van der Waals surface area contributed by atoms with E-state index in [1.54, 1.807) is 18.2 Å². The maximum Gasteiger partial charge on any atom is 0.301 e. The van der Waals surface area contributed by atoms with Crippen molar-refractivity contribution >= 4 is 49.8 Å². The number of rotatable bonds is 4. The molecular weight excluding hydrogens is 513 g/mol. The molecule has 0 aliphatic carbocycles. The van der Waals surface area contributed by atoms with Gasteiger partial charge in [-0.3, -0.25) is 24.6 Å². The Bertz CT molecular complexity index is 1710. The fourth-order valence-electron chi connectivity index (χ4n) is 4.87. The number of nitrogens with zero attached hydrogens (tertiary/aromatic N) is 3. The Hall–Kier alpha value is -4.64. The quantitative estimate of drug-likeness (QED) is 0.125. The molecule has 0 saturated carbocycles. The number of nitro benzene ring substituents is 1. The molecule has 1 saturated heterocycles. The number of amides is 1. The summed E-state index contributed by atoms with van der Waals surface area (Å²) in [6, 6.07) is 13.2. The van der Waals surface area contributed by atoms with E-state index in [1.807, 2.05) is 6.92 Å². The maximum absolute atomic E-state index is 13.8. The summed E-state index contributed by atoms with van der Waals surface area (Å²) >= 11 is 0.997. The van der Waals surface area contributed by atoms with Crippen LogP contribution < -0.4 is 9.64 Å². The number of benzene rings is 3. The van der Waals surface area contributed by atoms with Crippen molar-refractivity contribution in [3.05, 3.63) is 98.9 Å². The van der Waals surface area contributed by atoms with Gasteiger partial charge in [0.05, 0.1) is 26.8 Å². The number of aliphatic hydroxyl groups is 1. The van der Waals surface area contributed by atoms with Crippen molar-refractivity contribution < 1.29 is 28.7 Å². The predicted molar refractivity (Wildman–Crippen MR) is 138 cm³/mol. The van der Waals surface area contributed by atoms with Gasteiger partial charge >= 0.3 is 5.91 Å². The van der Waals surface area contributed by atoms with Gasteiger partial charge < -0.3 is 9.84 Å². The van der Waals surface area contributed by atoms with Crippen LogP contribution in [0.25, 0.3) is 16.0 Å². The summed E-state index contributed by atoms with van der Waals surface area (Å²) in [4.78, 5) is 43.3. The van der Waals surface area contributed by atoms with Crippen molar-refractivity contribution in [3.8, 4) is 5.75 Å². The first-order chi connectivity index (χ1) is 18.2.